The van der Waals surface area contributed by atoms with E-state index in [1.54, 1.807) is 22.6 Å². The zero-order valence-electron chi connectivity index (χ0n) is 16.7. The van der Waals surface area contributed by atoms with Crippen molar-refractivity contribution in [2.45, 2.75) is 37.2 Å². The molecule has 8 nitrogen and oxygen atoms in total. The van der Waals surface area contributed by atoms with Crippen LogP contribution in [0.5, 0.6) is 0 Å². The van der Waals surface area contributed by atoms with E-state index in [2.05, 4.69) is 19.7 Å². The van der Waals surface area contributed by atoms with Crippen molar-refractivity contribution >= 4 is 15.8 Å². The van der Waals surface area contributed by atoms with E-state index in [1.807, 2.05) is 35.2 Å². The second-order valence-electron chi connectivity index (χ2n) is 7.67. The first-order valence-corrected chi connectivity index (χ1v) is 11.8. The van der Waals surface area contributed by atoms with E-state index >= 15 is 0 Å². The minimum absolute atomic E-state index is 0.281. The van der Waals surface area contributed by atoms with Crippen molar-refractivity contribution in [2.75, 3.05) is 24.5 Å². The number of anilines is 1. The van der Waals surface area contributed by atoms with Gasteiger partial charge in [0.05, 0.1) is 6.54 Å². The molecule has 0 unspecified atom stereocenters. The van der Waals surface area contributed by atoms with Crippen LogP contribution in [0.3, 0.4) is 0 Å². The van der Waals surface area contributed by atoms with Gasteiger partial charge in [0, 0.05) is 37.9 Å². The molecule has 0 atom stereocenters. The van der Waals surface area contributed by atoms with Crippen LogP contribution in [0.4, 0.5) is 5.82 Å². The Morgan fingerprint density at radius 2 is 1.63 bits per heavy atom. The van der Waals surface area contributed by atoms with Crippen molar-refractivity contribution in [1.29, 1.82) is 0 Å². The zero-order valence-corrected chi connectivity index (χ0v) is 17.5. The summed E-state index contributed by atoms with van der Waals surface area (Å²) in [6.07, 6.45) is 4.55. The lowest BCUT2D eigenvalue weighted by atomic mass is 10.2. The largest absolute Gasteiger partial charge is 0.346 e. The summed E-state index contributed by atoms with van der Waals surface area (Å²) in [4.78, 5) is 6.74. The normalized spacial score (nSPS) is 17.7. The molecule has 2 aliphatic heterocycles. The van der Waals surface area contributed by atoms with Crippen LogP contribution in [0.15, 0.2) is 53.6 Å². The second kappa shape index (κ2) is 7.81. The summed E-state index contributed by atoms with van der Waals surface area (Å²) < 4.78 is 30.3. The monoisotopic (exact) mass is 424 g/mol. The lowest BCUT2D eigenvalue weighted by Gasteiger charge is -2.32. The van der Waals surface area contributed by atoms with Gasteiger partial charge in [0.2, 0.25) is 10.0 Å². The number of benzene rings is 1. The van der Waals surface area contributed by atoms with E-state index in [0.717, 1.165) is 36.5 Å². The Hall–Kier alpha value is -2.78. The molecule has 1 fully saturated rings. The predicted molar refractivity (Wildman–Crippen MR) is 113 cm³/mol. The molecule has 1 aromatic carbocycles. The smallest absolute Gasteiger partial charge is 0.246 e. The molecule has 0 radical (unpaired) electrons. The maximum absolute atomic E-state index is 13.3. The molecule has 2 aliphatic rings. The van der Waals surface area contributed by atoms with Crippen LogP contribution < -0.4 is 4.90 Å². The third-order valence-electron chi connectivity index (χ3n) is 5.77. The van der Waals surface area contributed by atoms with Crippen molar-refractivity contribution < 1.29 is 8.42 Å². The molecule has 0 amide bonds. The van der Waals surface area contributed by atoms with Crippen LogP contribution in [-0.4, -0.2) is 52.1 Å². The molecular formula is C21H24N6O2S. The average Bonchev–Trinajstić information content (AvgIpc) is 3.23. The number of hydrogen-bond donors (Lipinski definition) is 0. The molecule has 0 bridgehead atoms. The summed E-state index contributed by atoms with van der Waals surface area (Å²) in [5, 5.41) is 8.75. The van der Waals surface area contributed by atoms with Crippen LogP contribution in [0.25, 0.3) is 11.4 Å². The number of rotatable bonds is 4. The van der Waals surface area contributed by atoms with Crippen molar-refractivity contribution in [3.8, 4) is 11.4 Å². The van der Waals surface area contributed by atoms with Gasteiger partial charge in [-0.15, -0.1) is 10.2 Å². The van der Waals surface area contributed by atoms with Gasteiger partial charge in [0.1, 0.15) is 10.7 Å². The molecule has 156 valence electrons. The van der Waals surface area contributed by atoms with E-state index in [4.69, 9.17) is 0 Å². The Morgan fingerprint density at radius 3 is 2.43 bits per heavy atom. The minimum atomic E-state index is -3.57. The van der Waals surface area contributed by atoms with E-state index in [0.29, 0.717) is 38.5 Å². The highest BCUT2D eigenvalue weighted by molar-refractivity contribution is 7.89. The molecule has 0 spiro atoms. The fourth-order valence-corrected chi connectivity index (χ4v) is 5.88. The summed E-state index contributed by atoms with van der Waals surface area (Å²) in [6, 6.07) is 13.3. The van der Waals surface area contributed by atoms with E-state index in [9.17, 15) is 8.42 Å². The minimum Gasteiger partial charge on any atom is -0.346 e. The third-order valence-corrected chi connectivity index (χ3v) is 7.69. The first-order valence-electron chi connectivity index (χ1n) is 10.3. The van der Waals surface area contributed by atoms with Crippen molar-refractivity contribution in [1.82, 2.24) is 24.1 Å². The van der Waals surface area contributed by atoms with Crippen LogP contribution in [-0.2, 0) is 23.1 Å². The number of aromatic nitrogens is 4. The van der Waals surface area contributed by atoms with Gasteiger partial charge in [-0.1, -0.05) is 36.8 Å². The molecular weight excluding hydrogens is 400 g/mol. The highest BCUT2D eigenvalue weighted by Gasteiger charge is 2.32. The summed E-state index contributed by atoms with van der Waals surface area (Å²) in [5.41, 5.74) is 1.02. The number of sulfonamides is 1. The summed E-state index contributed by atoms with van der Waals surface area (Å²) in [7, 11) is -3.57. The first kappa shape index (κ1) is 19.2. The SMILES string of the molecule is O=S(=O)(c1cccnc1N1CCn2c(nnc2-c2ccccc2)C1)N1CCCCC1. The quantitative estimate of drug-likeness (QED) is 0.640. The third kappa shape index (κ3) is 3.37. The molecule has 0 N–H and O–H groups in total. The summed E-state index contributed by atoms with van der Waals surface area (Å²) >= 11 is 0. The fraction of sp³-hybridized carbons (Fsp3) is 0.381. The maximum atomic E-state index is 13.3. The highest BCUT2D eigenvalue weighted by atomic mass is 32.2. The standard InChI is InChI=1S/C21H24N6O2S/c28-30(29,26-12-5-2-6-13-26)18-10-7-11-22-21(18)25-14-15-27-19(16-25)23-24-20(27)17-8-3-1-4-9-17/h1,3-4,7-11H,2,5-6,12-16H2. The van der Waals surface area contributed by atoms with Gasteiger partial charge in [-0.3, -0.25) is 0 Å². The van der Waals surface area contributed by atoms with Crippen molar-refractivity contribution in [2.24, 2.45) is 0 Å². The topological polar surface area (TPSA) is 84.2 Å². The molecule has 1 saturated heterocycles. The Bertz CT molecular complexity index is 1140. The van der Waals surface area contributed by atoms with E-state index in [1.165, 1.54) is 0 Å². The number of piperidine rings is 1. The lowest BCUT2D eigenvalue weighted by molar-refractivity contribution is 0.346. The molecule has 5 rings (SSSR count). The Kier molecular flexibility index (Phi) is 5.00. The fourth-order valence-electron chi connectivity index (χ4n) is 4.20. The zero-order chi connectivity index (χ0) is 20.6. The van der Waals surface area contributed by atoms with Gasteiger partial charge in [-0.25, -0.2) is 13.4 Å². The lowest BCUT2D eigenvalue weighted by Crippen LogP contribution is -2.39. The van der Waals surface area contributed by atoms with Gasteiger partial charge in [-0.2, -0.15) is 4.31 Å². The second-order valence-corrected chi connectivity index (χ2v) is 9.58. The van der Waals surface area contributed by atoms with E-state index < -0.39 is 10.0 Å². The van der Waals surface area contributed by atoms with Crippen LogP contribution in [0, 0.1) is 0 Å². The molecule has 4 heterocycles. The first-order chi connectivity index (χ1) is 14.6. The molecule has 3 aromatic rings. The highest BCUT2D eigenvalue weighted by Crippen LogP contribution is 2.30. The predicted octanol–water partition coefficient (Wildman–Crippen LogP) is 2.53. The van der Waals surface area contributed by atoms with Gasteiger partial charge >= 0.3 is 0 Å². The number of pyridine rings is 1. The van der Waals surface area contributed by atoms with Crippen LogP contribution in [0.1, 0.15) is 25.1 Å². The van der Waals surface area contributed by atoms with Gasteiger partial charge in [-0.05, 0) is 25.0 Å². The average molecular weight is 425 g/mol. The summed E-state index contributed by atoms with van der Waals surface area (Å²) in [6.45, 7) is 2.94. The van der Waals surface area contributed by atoms with Crippen LogP contribution in [0.2, 0.25) is 0 Å². The van der Waals surface area contributed by atoms with Gasteiger partial charge in [0.15, 0.2) is 11.6 Å². The molecule has 0 aliphatic carbocycles. The number of fused-ring (bicyclic) bond motifs is 1. The van der Waals surface area contributed by atoms with Gasteiger partial charge < -0.3 is 9.47 Å². The molecule has 30 heavy (non-hydrogen) atoms. The Labute approximate surface area is 176 Å². The molecule has 0 saturated carbocycles. The van der Waals surface area contributed by atoms with Crippen molar-refractivity contribution in [3.05, 3.63) is 54.5 Å². The van der Waals surface area contributed by atoms with Gasteiger partial charge in [0.25, 0.3) is 0 Å². The number of hydrogen-bond acceptors (Lipinski definition) is 6. The maximum Gasteiger partial charge on any atom is 0.246 e. The Balaban J connectivity index is 1.46. The summed E-state index contributed by atoms with van der Waals surface area (Å²) in [5.74, 6) is 2.15. The van der Waals surface area contributed by atoms with Crippen molar-refractivity contribution in [3.63, 3.8) is 0 Å². The van der Waals surface area contributed by atoms with E-state index in [-0.39, 0.29) is 4.90 Å². The molecule has 9 heteroatoms. The Morgan fingerprint density at radius 1 is 0.833 bits per heavy atom. The number of nitrogens with zero attached hydrogens (tertiary/aromatic N) is 6. The van der Waals surface area contributed by atoms with Crippen LogP contribution >= 0.6 is 0 Å². The molecule has 2 aromatic heterocycles.